The number of ether oxygens (including phenoxy) is 1. The number of aryl methyl sites for hydroxylation is 2. The van der Waals surface area contributed by atoms with Crippen LogP contribution >= 0.6 is 34.2 Å². The smallest absolute Gasteiger partial charge is 0.339 e. The standard InChI is InChI=1S/C22H19ClINO4S/c1-14-4-8-18(9-5-14)30(26,27)29-22-20(24)10-16(11-21(22)28-3)13-25-17-7-6-15(2)19(23)12-17/h4-13H,1-3H3. The van der Waals surface area contributed by atoms with Gasteiger partial charge in [-0.25, -0.2) is 0 Å². The van der Waals surface area contributed by atoms with Crippen LogP contribution < -0.4 is 8.92 Å². The zero-order chi connectivity index (χ0) is 21.9. The molecule has 0 bridgehead atoms. The fourth-order valence-corrected chi connectivity index (χ4v) is 4.59. The SMILES string of the molecule is COc1cc(C=Nc2ccc(C)c(Cl)c2)cc(I)c1OS(=O)(=O)c1ccc(C)cc1. The van der Waals surface area contributed by atoms with Crippen LogP contribution in [0.1, 0.15) is 16.7 Å². The van der Waals surface area contributed by atoms with Crippen molar-refractivity contribution in [3.05, 3.63) is 79.9 Å². The van der Waals surface area contributed by atoms with Gasteiger partial charge < -0.3 is 8.92 Å². The van der Waals surface area contributed by atoms with E-state index in [1.54, 1.807) is 36.5 Å². The van der Waals surface area contributed by atoms with Gasteiger partial charge in [0.1, 0.15) is 4.90 Å². The second-order valence-corrected chi connectivity index (χ2v) is 9.69. The van der Waals surface area contributed by atoms with Crippen LogP contribution in [0.4, 0.5) is 5.69 Å². The highest BCUT2D eigenvalue weighted by Gasteiger charge is 2.21. The second-order valence-electron chi connectivity index (χ2n) is 6.58. The summed E-state index contributed by atoms with van der Waals surface area (Å²) in [6.45, 7) is 3.81. The van der Waals surface area contributed by atoms with E-state index in [0.717, 1.165) is 16.7 Å². The summed E-state index contributed by atoms with van der Waals surface area (Å²) in [4.78, 5) is 4.50. The van der Waals surface area contributed by atoms with Crippen molar-refractivity contribution in [3.8, 4) is 11.5 Å². The normalized spacial score (nSPS) is 11.6. The molecule has 3 aromatic rings. The topological polar surface area (TPSA) is 65.0 Å². The second kappa shape index (κ2) is 9.36. The Hall–Kier alpha value is -2.10. The summed E-state index contributed by atoms with van der Waals surface area (Å²) in [6, 6.07) is 15.4. The number of halogens is 2. The maximum atomic E-state index is 12.7. The van der Waals surface area contributed by atoms with Crippen LogP contribution in [0, 0.1) is 17.4 Å². The number of rotatable bonds is 6. The monoisotopic (exact) mass is 555 g/mol. The minimum Gasteiger partial charge on any atom is -0.493 e. The first-order chi connectivity index (χ1) is 14.2. The van der Waals surface area contributed by atoms with Gasteiger partial charge in [-0.15, -0.1) is 0 Å². The molecule has 0 amide bonds. The van der Waals surface area contributed by atoms with Crippen molar-refractivity contribution in [1.82, 2.24) is 0 Å². The average Bonchev–Trinajstić information content (AvgIpc) is 2.70. The Balaban J connectivity index is 1.91. The van der Waals surface area contributed by atoms with Crippen LogP contribution in [-0.4, -0.2) is 21.7 Å². The van der Waals surface area contributed by atoms with E-state index in [-0.39, 0.29) is 10.6 Å². The molecule has 0 aliphatic heterocycles. The lowest BCUT2D eigenvalue weighted by atomic mass is 10.2. The molecule has 0 radical (unpaired) electrons. The third-order valence-electron chi connectivity index (χ3n) is 4.27. The van der Waals surface area contributed by atoms with Crippen molar-refractivity contribution in [2.75, 3.05) is 7.11 Å². The zero-order valence-corrected chi connectivity index (χ0v) is 20.2. The lowest BCUT2D eigenvalue weighted by molar-refractivity contribution is 0.389. The van der Waals surface area contributed by atoms with E-state index in [0.29, 0.717) is 20.0 Å². The summed E-state index contributed by atoms with van der Waals surface area (Å²) in [5.41, 5.74) is 3.37. The van der Waals surface area contributed by atoms with Crippen LogP contribution in [0.5, 0.6) is 11.5 Å². The Bertz CT molecular complexity index is 1210. The van der Waals surface area contributed by atoms with Crippen molar-refractivity contribution in [2.24, 2.45) is 4.99 Å². The van der Waals surface area contributed by atoms with Crippen LogP contribution in [0.2, 0.25) is 5.02 Å². The lowest BCUT2D eigenvalue weighted by Gasteiger charge is -2.13. The number of nitrogens with zero attached hydrogens (tertiary/aromatic N) is 1. The lowest BCUT2D eigenvalue weighted by Crippen LogP contribution is -2.11. The highest BCUT2D eigenvalue weighted by atomic mass is 127. The van der Waals surface area contributed by atoms with Crippen molar-refractivity contribution in [1.29, 1.82) is 0 Å². The number of benzene rings is 3. The summed E-state index contributed by atoms with van der Waals surface area (Å²) in [6.07, 6.45) is 1.66. The van der Waals surface area contributed by atoms with Gasteiger partial charge in [0, 0.05) is 11.2 Å². The number of methoxy groups -OCH3 is 1. The Kier molecular flexibility index (Phi) is 7.05. The summed E-state index contributed by atoms with van der Waals surface area (Å²) in [7, 11) is -2.54. The third kappa shape index (κ3) is 5.33. The van der Waals surface area contributed by atoms with Gasteiger partial charge in [-0.3, -0.25) is 4.99 Å². The number of hydrogen-bond donors (Lipinski definition) is 0. The van der Waals surface area contributed by atoms with Gasteiger partial charge in [0.05, 0.1) is 16.4 Å². The summed E-state index contributed by atoms with van der Waals surface area (Å²) < 4.78 is 36.7. The molecular formula is C22H19ClINO4S. The van der Waals surface area contributed by atoms with E-state index in [2.05, 4.69) is 4.99 Å². The summed E-state index contributed by atoms with van der Waals surface area (Å²) in [5, 5.41) is 0.641. The van der Waals surface area contributed by atoms with Crippen molar-refractivity contribution < 1.29 is 17.3 Å². The van der Waals surface area contributed by atoms with E-state index >= 15 is 0 Å². The number of aliphatic imine (C=N–C) groups is 1. The minimum atomic E-state index is -4.00. The molecule has 0 unspecified atom stereocenters. The van der Waals surface area contributed by atoms with Crippen LogP contribution in [-0.2, 0) is 10.1 Å². The minimum absolute atomic E-state index is 0.0767. The third-order valence-corrected chi connectivity index (χ3v) is 6.72. The zero-order valence-electron chi connectivity index (χ0n) is 16.5. The Morgan fingerprint density at radius 3 is 2.37 bits per heavy atom. The van der Waals surface area contributed by atoms with Gasteiger partial charge in [0.2, 0.25) is 0 Å². The van der Waals surface area contributed by atoms with E-state index in [1.165, 1.54) is 19.2 Å². The molecule has 0 fully saturated rings. The molecule has 0 heterocycles. The molecule has 3 rings (SSSR count). The molecule has 0 atom stereocenters. The number of hydrogen-bond acceptors (Lipinski definition) is 5. The first-order valence-corrected chi connectivity index (χ1v) is 11.7. The molecule has 0 saturated heterocycles. The Labute approximate surface area is 195 Å². The van der Waals surface area contributed by atoms with Gasteiger partial charge in [-0.05, 0) is 84.0 Å². The fraction of sp³-hybridized carbons (Fsp3) is 0.136. The molecule has 0 aliphatic rings. The molecule has 3 aromatic carbocycles. The van der Waals surface area contributed by atoms with Crippen molar-refractivity contribution >= 4 is 56.2 Å². The highest BCUT2D eigenvalue weighted by Crippen LogP contribution is 2.36. The quantitative estimate of drug-likeness (QED) is 0.210. The molecule has 156 valence electrons. The van der Waals surface area contributed by atoms with E-state index in [1.807, 2.05) is 48.6 Å². The van der Waals surface area contributed by atoms with Gasteiger partial charge in [-0.2, -0.15) is 8.42 Å². The first-order valence-electron chi connectivity index (χ1n) is 8.88. The van der Waals surface area contributed by atoms with Crippen LogP contribution in [0.3, 0.4) is 0 Å². The predicted octanol–water partition coefficient (Wildman–Crippen LogP) is 6.09. The van der Waals surface area contributed by atoms with E-state index < -0.39 is 10.1 Å². The fourth-order valence-electron chi connectivity index (χ4n) is 2.57. The highest BCUT2D eigenvalue weighted by molar-refractivity contribution is 14.1. The maximum absolute atomic E-state index is 12.7. The average molecular weight is 556 g/mol. The van der Waals surface area contributed by atoms with Gasteiger partial charge in [0.15, 0.2) is 11.5 Å². The van der Waals surface area contributed by atoms with E-state index in [9.17, 15) is 8.42 Å². The van der Waals surface area contributed by atoms with Crippen LogP contribution in [0.25, 0.3) is 0 Å². The van der Waals surface area contributed by atoms with Crippen LogP contribution in [0.15, 0.2) is 64.5 Å². The van der Waals surface area contributed by atoms with Gasteiger partial charge in [-0.1, -0.05) is 35.4 Å². The van der Waals surface area contributed by atoms with Gasteiger partial charge >= 0.3 is 10.1 Å². The molecule has 5 nitrogen and oxygen atoms in total. The Morgan fingerprint density at radius 2 is 1.73 bits per heavy atom. The first kappa shape index (κ1) is 22.6. The maximum Gasteiger partial charge on any atom is 0.339 e. The molecular weight excluding hydrogens is 537 g/mol. The van der Waals surface area contributed by atoms with Crippen molar-refractivity contribution in [3.63, 3.8) is 0 Å². The molecule has 8 heteroatoms. The molecule has 0 N–H and O–H groups in total. The molecule has 0 aliphatic carbocycles. The predicted molar refractivity (Wildman–Crippen MR) is 128 cm³/mol. The summed E-state index contributed by atoms with van der Waals surface area (Å²) >= 11 is 8.15. The molecule has 30 heavy (non-hydrogen) atoms. The molecule has 0 aromatic heterocycles. The summed E-state index contributed by atoms with van der Waals surface area (Å²) in [5.74, 6) is 0.426. The Morgan fingerprint density at radius 1 is 1.03 bits per heavy atom. The molecule has 0 saturated carbocycles. The van der Waals surface area contributed by atoms with Gasteiger partial charge in [0.25, 0.3) is 0 Å². The largest absolute Gasteiger partial charge is 0.493 e. The van der Waals surface area contributed by atoms with Crippen molar-refractivity contribution in [2.45, 2.75) is 18.7 Å². The molecule has 0 spiro atoms. The van der Waals surface area contributed by atoms with E-state index in [4.69, 9.17) is 20.5 Å².